The Morgan fingerprint density at radius 3 is 3.00 bits per heavy atom. The molecule has 0 radical (unpaired) electrons. The van der Waals surface area contributed by atoms with Crippen LogP contribution in [0.5, 0.6) is 0 Å². The van der Waals surface area contributed by atoms with Gasteiger partial charge in [0.15, 0.2) is 5.82 Å². The number of rotatable bonds is 3. The Labute approximate surface area is 127 Å². The molecule has 0 spiro atoms. The molecule has 1 amide bonds. The largest absolute Gasteiger partial charge is 0.354 e. The molecule has 110 valence electrons. The summed E-state index contributed by atoms with van der Waals surface area (Å²) >= 11 is 5.86. The summed E-state index contributed by atoms with van der Waals surface area (Å²) in [5, 5.41) is 7.72. The van der Waals surface area contributed by atoms with Crippen molar-refractivity contribution in [2.45, 2.75) is 19.4 Å². The molecule has 21 heavy (non-hydrogen) atoms. The number of amides is 1. The molecule has 1 aliphatic rings. The summed E-state index contributed by atoms with van der Waals surface area (Å²) in [7, 11) is 0. The number of halogens is 1. The average Bonchev–Trinajstić information content (AvgIpc) is 3.07. The molecule has 0 unspecified atom stereocenters. The number of nitrogens with zero attached hydrogens (tertiary/aromatic N) is 4. The van der Waals surface area contributed by atoms with Crippen molar-refractivity contribution in [1.82, 2.24) is 14.8 Å². The van der Waals surface area contributed by atoms with Crippen LogP contribution in [0.2, 0.25) is 5.02 Å². The molecular weight excluding hydrogens is 290 g/mol. The Morgan fingerprint density at radius 2 is 2.29 bits per heavy atom. The molecule has 6 nitrogen and oxygen atoms in total. The Kier molecular flexibility index (Phi) is 3.79. The van der Waals surface area contributed by atoms with Crippen molar-refractivity contribution < 1.29 is 4.79 Å². The van der Waals surface area contributed by atoms with E-state index in [2.05, 4.69) is 20.3 Å². The van der Waals surface area contributed by atoms with Gasteiger partial charge in [0.25, 0.3) is 0 Å². The Bertz CT molecular complexity index is 639. The lowest BCUT2D eigenvalue weighted by molar-refractivity contribution is -0.114. The quantitative estimate of drug-likeness (QED) is 0.945. The summed E-state index contributed by atoms with van der Waals surface area (Å²) in [5.74, 6) is 1.40. The first-order valence-corrected chi connectivity index (χ1v) is 7.19. The van der Waals surface area contributed by atoms with E-state index in [0.29, 0.717) is 10.8 Å². The van der Waals surface area contributed by atoms with Gasteiger partial charge in [0.2, 0.25) is 5.91 Å². The molecule has 2 aromatic rings. The fourth-order valence-corrected chi connectivity index (χ4v) is 2.62. The van der Waals surface area contributed by atoms with Gasteiger partial charge in [0.1, 0.15) is 5.82 Å². The van der Waals surface area contributed by atoms with Gasteiger partial charge in [0, 0.05) is 38.5 Å². The van der Waals surface area contributed by atoms with Crippen LogP contribution < -0.4 is 10.2 Å². The lowest BCUT2D eigenvalue weighted by atomic mass is 10.3. The van der Waals surface area contributed by atoms with Gasteiger partial charge in [-0.1, -0.05) is 11.6 Å². The zero-order chi connectivity index (χ0) is 14.8. The second-order valence-corrected chi connectivity index (χ2v) is 5.52. The van der Waals surface area contributed by atoms with Crippen LogP contribution in [0.25, 0.3) is 0 Å². The SMILES string of the molecule is CC(=O)Nc1ccn([C@@H]2CCN(c3ccc(Cl)cn3)C2)n1. The summed E-state index contributed by atoms with van der Waals surface area (Å²) in [6, 6.07) is 5.87. The normalized spacial score (nSPS) is 18.0. The van der Waals surface area contributed by atoms with E-state index in [9.17, 15) is 4.79 Å². The molecule has 3 heterocycles. The maximum Gasteiger partial charge on any atom is 0.222 e. The summed E-state index contributed by atoms with van der Waals surface area (Å²) < 4.78 is 1.90. The molecule has 1 fully saturated rings. The van der Waals surface area contributed by atoms with Crippen molar-refractivity contribution in [2.75, 3.05) is 23.3 Å². The van der Waals surface area contributed by atoms with E-state index in [1.54, 1.807) is 6.20 Å². The lowest BCUT2D eigenvalue weighted by Gasteiger charge is -2.17. The third kappa shape index (κ3) is 3.16. The fourth-order valence-electron chi connectivity index (χ4n) is 2.51. The first-order chi connectivity index (χ1) is 10.1. The van der Waals surface area contributed by atoms with Gasteiger partial charge in [-0.3, -0.25) is 9.48 Å². The molecule has 0 bridgehead atoms. The second-order valence-electron chi connectivity index (χ2n) is 5.09. The van der Waals surface area contributed by atoms with Crippen LogP contribution >= 0.6 is 11.6 Å². The predicted octanol–water partition coefficient (Wildman–Crippen LogP) is 2.34. The van der Waals surface area contributed by atoms with Gasteiger partial charge in [0.05, 0.1) is 11.1 Å². The van der Waals surface area contributed by atoms with Crippen molar-refractivity contribution in [3.8, 4) is 0 Å². The molecule has 0 saturated carbocycles. The Balaban J connectivity index is 1.67. The number of hydrogen-bond donors (Lipinski definition) is 1. The highest BCUT2D eigenvalue weighted by molar-refractivity contribution is 6.30. The summed E-state index contributed by atoms with van der Waals surface area (Å²) in [6.07, 6.45) is 4.55. The van der Waals surface area contributed by atoms with E-state index in [-0.39, 0.29) is 11.9 Å². The molecule has 1 aliphatic heterocycles. The van der Waals surface area contributed by atoms with E-state index in [1.807, 2.05) is 29.1 Å². The van der Waals surface area contributed by atoms with Crippen LogP contribution in [-0.2, 0) is 4.79 Å². The number of aromatic nitrogens is 3. The fraction of sp³-hybridized carbons (Fsp3) is 0.357. The zero-order valence-corrected chi connectivity index (χ0v) is 12.4. The van der Waals surface area contributed by atoms with Gasteiger partial charge in [-0.25, -0.2) is 4.98 Å². The highest BCUT2D eigenvalue weighted by atomic mass is 35.5. The zero-order valence-electron chi connectivity index (χ0n) is 11.7. The number of carbonyl (C=O) groups excluding carboxylic acids is 1. The van der Waals surface area contributed by atoms with Gasteiger partial charge in [-0.2, -0.15) is 5.10 Å². The highest BCUT2D eigenvalue weighted by Crippen LogP contribution is 2.26. The molecule has 3 rings (SSSR count). The minimum atomic E-state index is -0.112. The van der Waals surface area contributed by atoms with E-state index in [4.69, 9.17) is 11.6 Å². The van der Waals surface area contributed by atoms with E-state index in [0.717, 1.165) is 25.3 Å². The molecule has 0 aromatic carbocycles. The Morgan fingerprint density at radius 1 is 1.43 bits per heavy atom. The van der Waals surface area contributed by atoms with Crippen molar-refractivity contribution in [2.24, 2.45) is 0 Å². The van der Waals surface area contributed by atoms with Crippen molar-refractivity contribution in [3.63, 3.8) is 0 Å². The maximum absolute atomic E-state index is 11.0. The molecular formula is C14H16ClN5O. The highest BCUT2D eigenvalue weighted by Gasteiger charge is 2.25. The topological polar surface area (TPSA) is 63.1 Å². The first kappa shape index (κ1) is 13.9. The molecule has 7 heteroatoms. The predicted molar refractivity (Wildman–Crippen MR) is 81.6 cm³/mol. The van der Waals surface area contributed by atoms with Gasteiger partial charge in [-0.15, -0.1) is 0 Å². The van der Waals surface area contributed by atoms with Crippen LogP contribution in [0.15, 0.2) is 30.6 Å². The van der Waals surface area contributed by atoms with Crippen molar-refractivity contribution >= 4 is 29.1 Å². The Hall–Kier alpha value is -2.08. The number of hydrogen-bond acceptors (Lipinski definition) is 4. The average molecular weight is 306 g/mol. The third-order valence-electron chi connectivity index (χ3n) is 3.49. The minimum Gasteiger partial charge on any atom is -0.354 e. The van der Waals surface area contributed by atoms with Gasteiger partial charge in [-0.05, 0) is 18.6 Å². The molecule has 1 saturated heterocycles. The second kappa shape index (κ2) is 5.73. The summed E-state index contributed by atoms with van der Waals surface area (Å²) in [4.78, 5) is 17.6. The number of carbonyl (C=O) groups is 1. The molecule has 1 atom stereocenters. The summed E-state index contributed by atoms with van der Waals surface area (Å²) in [5.41, 5.74) is 0. The third-order valence-corrected chi connectivity index (χ3v) is 3.71. The lowest BCUT2D eigenvalue weighted by Crippen LogP contribution is -2.22. The first-order valence-electron chi connectivity index (χ1n) is 6.81. The molecule has 2 aromatic heterocycles. The number of anilines is 2. The molecule has 1 N–H and O–H groups in total. The smallest absolute Gasteiger partial charge is 0.222 e. The van der Waals surface area contributed by atoms with Crippen LogP contribution in [-0.4, -0.2) is 33.8 Å². The molecule has 0 aliphatic carbocycles. The van der Waals surface area contributed by atoms with Gasteiger partial charge < -0.3 is 10.2 Å². The van der Waals surface area contributed by atoms with Crippen LogP contribution in [0.4, 0.5) is 11.6 Å². The van der Waals surface area contributed by atoms with E-state index < -0.39 is 0 Å². The van der Waals surface area contributed by atoms with Gasteiger partial charge >= 0.3 is 0 Å². The van der Waals surface area contributed by atoms with E-state index >= 15 is 0 Å². The minimum absolute atomic E-state index is 0.112. The van der Waals surface area contributed by atoms with E-state index in [1.165, 1.54) is 6.92 Å². The van der Waals surface area contributed by atoms with Crippen molar-refractivity contribution in [3.05, 3.63) is 35.6 Å². The number of nitrogens with one attached hydrogen (secondary N) is 1. The summed E-state index contributed by atoms with van der Waals surface area (Å²) in [6.45, 7) is 3.24. The maximum atomic E-state index is 11.0. The van der Waals surface area contributed by atoms with Crippen LogP contribution in [0.1, 0.15) is 19.4 Å². The van der Waals surface area contributed by atoms with Crippen LogP contribution in [0.3, 0.4) is 0 Å². The monoisotopic (exact) mass is 305 g/mol. The number of pyridine rings is 1. The standard InChI is InChI=1S/C14H16ClN5O/c1-10(21)17-13-5-7-20(18-13)12-4-6-19(9-12)14-3-2-11(15)8-16-14/h2-3,5,7-8,12H,4,6,9H2,1H3,(H,17,18,21)/t12-/m1/s1. The van der Waals surface area contributed by atoms with Crippen LogP contribution in [0, 0.1) is 0 Å². The van der Waals surface area contributed by atoms with Crippen molar-refractivity contribution in [1.29, 1.82) is 0 Å².